The van der Waals surface area contributed by atoms with Crippen molar-refractivity contribution in [1.82, 2.24) is 5.32 Å². The van der Waals surface area contributed by atoms with Gasteiger partial charge in [-0.05, 0) is 19.4 Å². The van der Waals surface area contributed by atoms with E-state index >= 15 is 0 Å². The van der Waals surface area contributed by atoms with Gasteiger partial charge in [0.25, 0.3) is 0 Å². The minimum absolute atomic E-state index is 0.119. The second-order valence-corrected chi connectivity index (χ2v) is 5.53. The molecule has 0 aliphatic carbocycles. The molecule has 0 aliphatic heterocycles. The number of carboxylic acids is 1. The Balaban J connectivity index is 3.80. The highest BCUT2D eigenvalue weighted by molar-refractivity contribution is 7.84. The van der Waals surface area contributed by atoms with Crippen molar-refractivity contribution in [3.8, 4) is 0 Å². The van der Waals surface area contributed by atoms with Crippen molar-refractivity contribution in [2.45, 2.75) is 44.4 Å². The summed E-state index contributed by atoms with van der Waals surface area (Å²) in [5, 5.41) is 11.9. The van der Waals surface area contributed by atoms with Crippen molar-refractivity contribution in [3.05, 3.63) is 0 Å². The van der Waals surface area contributed by atoms with Gasteiger partial charge < -0.3 is 10.4 Å². The summed E-state index contributed by atoms with van der Waals surface area (Å²) in [4.78, 5) is 10.8. The van der Waals surface area contributed by atoms with Crippen molar-refractivity contribution in [1.29, 1.82) is 0 Å². The van der Waals surface area contributed by atoms with Crippen LogP contribution in [0.4, 0.5) is 0 Å². The molecule has 0 amide bonds. The molecule has 0 aromatic rings. The monoisotopic (exact) mass is 235 g/mol. The fraction of sp³-hybridized carbons (Fsp3) is 0.900. The third-order valence-electron chi connectivity index (χ3n) is 2.38. The van der Waals surface area contributed by atoms with Crippen LogP contribution in [-0.2, 0) is 15.6 Å². The first-order valence-electron chi connectivity index (χ1n) is 5.27. The van der Waals surface area contributed by atoms with E-state index in [2.05, 4.69) is 5.32 Å². The molecule has 5 heteroatoms. The molecule has 3 atom stereocenters. The molecule has 0 radical (unpaired) electrons. The quantitative estimate of drug-likeness (QED) is 0.658. The summed E-state index contributed by atoms with van der Waals surface area (Å²) < 4.78 is 11.0. The highest BCUT2D eigenvalue weighted by Gasteiger charge is 2.15. The predicted molar refractivity (Wildman–Crippen MR) is 62.5 cm³/mol. The smallest absolute Gasteiger partial charge is 0.320 e. The first kappa shape index (κ1) is 14.6. The van der Waals surface area contributed by atoms with Crippen LogP contribution < -0.4 is 5.32 Å². The predicted octanol–water partition coefficient (Wildman–Crippen LogP) is 0.986. The zero-order chi connectivity index (χ0) is 11.8. The topological polar surface area (TPSA) is 66.4 Å². The third kappa shape index (κ3) is 6.62. The van der Waals surface area contributed by atoms with E-state index in [9.17, 15) is 9.00 Å². The van der Waals surface area contributed by atoms with Crippen LogP contribution in [-0.4, -0.2) is 39.4 Å². The van der Waals surface area contributed by atoms with E-state index in [0.717, 1.165) is 12.8 Å². The van der Waals surface area contributed by atoms with Crippen molar-refractivity contribution in [3.63, 3.8) is 0 Å². The lowest BCUT2D eigenvalue weighted by Gasteiger charge is -2.14. The van der Waals surface area contributed by atoms with E-state index in [-0.39, 0.29) is 5.25 Å². The number of nitrogens with one attached hydrogen (secondary N) is 1. The lowest BCUT2D eigenvalue weighted by Crippen LogP contribution is -2.38. The van der Waals surface area contributed by atoms with Gasteiger partial charge in [0, 0.05) is 22.3 Å². The van der Waals surface area contributed by atoms with E-state index < -0.39 is 22.8 Å². The zero-order valence-electron chi connectivity index (χ0n) is 9.66. The molecule has 0 spiro atoms. The number of hydrogen-bond donors (Lipinski definition) is 2. The van der Waals surface area contributed by atoms with Gasteiger partial charge >= 0.3 is 5.97 Å². The van der Waals surface area contributed by atoms with Crippen molar-refractivity contribution in [2.24, 2.45) is 0 Å². The highest BCUT2D eigenvalue weighted by Crippen LogP contribution is 2.00. The van der Waals surface area contributed by atoms with E-state index in [1.165, 1.54) is 0 Å². The number of carboxylic acid groups (broad SMARTS) is 1. The maximum atomic E-state index is 11.0. The Morgan fingerprint density at radius 1 is 1.47 bits per heavy atom. The largest absolute Gasteiger partial charge is 0.480 e. The molecule has 0 saturated carbocycles. The highest BCUT2D eigenvalue weighted by atomic mass is 32.2. The summed E-state index contributed by atoms with van der Waals surface area (Å²) in [5.41, 5.74) is 0. The number of aliphatic carboxylic acids is 1. The molecule has 2 N–H and O–H groups in total. The van der Waals surface area contributed by atoms with Crippen LogP contribution in [0, 0.1) is 0 Å². The number of carbonyl (C=O) groups is 1. The number of rotatable bonds is 8. The third-order valence-corrected chi connectivity index (χ3v) is 3.75. The van der Waals surface area contributed by atoms with Gasteiger partial charge in [0.05, 0.1) is 0 Å². The molecule has 90 valence electrons. The minimum Gasteiger partial charge on any atom is -0.480 e. The van der Waals surface area contributed by atoms with Gasteiger partial charge in [0.2, 0.25) is 0 Å². The molecule has 0 heterocycles. The average molecular weight is 235 g/mol. The molecule has 3 unspecified atom stereocenters. The lowest BCUT2D eigenvalue weighted by molar-refractivity contribution is -0.139. The first-order valence-corrected chi connectivity index (χ1v) is 6.89. The van der Waals surface area contributed by atoms with Gasteiger partial charge in [-0.1, -0.05) is 20.3 Å². The van der Waals surface area contributed by atoms with Crippen LogP contribution in [0.15, 0.2) is 0 Å². The van der Waals surface area contributed by atoms with Gasteiger partial charge in [-0.25, -0.2) is 0 Å². The summed E-state index contributed by atoms with van der Waals surface area (Å²) in [5.74, 6) is -0.804. The molecule has 0 aromatic carbocycles. The Bertz CT molecular complexity index is 221. The SMILES string of the molecule is CCCC(NCCC(C)S(C)=O)C(=O)O. The standard InChI is InChI=1S/C10H21NO3S/c1-4-5-9(10(12)13)11-7-6-8(2)15(3)14/h8-9,11H,4-7H2,1-3H3,(H,12,13). The van der Waals surface area contributed by atoms with E-state index in [4.69, 9.17) is 5.11 Å². The Kier molecular flexibility index (Phi) is 7.60. The molecule has 0 fully saturated rings. The van der Waals surface area contributed by atoms with Crippen molar-refractivity contribution in [2.75, 3.05) is 12.8 Å². The Morgan fingerprint density at radius 3 is 2.47 bits per heavy atom. The summed E-state index contributed by atoms with van der Waals surface area (Å²) >= 11 is 0. The maximum absolute atomic E-state index is 11.0. The van der Waals surface area contributed by atoms with Crippen LogP contribution in [0.5, 0.6) is 0 Å². The van der Waals surface area contributed by atoms with Crippen molar-refractivity contribution < 1.29 is 14.1 Å². The summed E-state index contributed by atoms with van der Waals surface area (Å²) in [6.45, 7) is 4.48. The molecule has 0 rings (SSSR count). The summed E-state index contributed by atoms with van der Waals surface area (Å²) in [6, 6.07) is -0.465. The Morgan fingerprint density at radius 2 is 2.07 bits per heavy atom. The summed E-state index contributed by atoms with van der Waals surface area (Å²) in [7, 11) is -0.827. The van der Waals surface area contributed by atoms with Crippen LogP contribution in [0.25, 0.3) is 0 Å². The zero-order valence-corrected chi connectivity index (χ0v) is 10.5. The molecule has 15 heavy (non-hydrogen) atoms. The van der Waals surface area contributed by atoms with Gasteiger partial charge in [0.15, 0.2) is 0 Å². The lowest BCUT2D eigenvalue weighted by atomic mass is 10.1. The van der Waals surface area contributed by atoms with E-state index in [0.29, 0.717) is 13.0 Å². The van der Waals surface area contributed by atoms with Gasteiger partial charge in [-0.15, -0.1) is 0 Å². The molecular formula is C10H21NO3S. The van der Waals surface area contributed by atoms with Crippen LogP contribution >= 0.6 is 0 Å². The molecule has 0 bridgehead atoms. The molecule has 4 nitrogen and oxygen atoms in total. The fourth-order valence-corrected chi connectivity index (χ4v) is 1.68. The average Bonchev–Trinajstić information content (AvgIpc) is 2.15. The molecule has 0 aromatic heterocycles. The minimum atomic E-state index is -0.827. The Labute approximate surface area is 93.9 Å². The van der Waals surface area contributed by atoms with Crippen molar-refractivity contribution >= 4 is 16.8 Å². The van der Waals surface area contributed by atoms with Crippen LogP contribution in [0.2, 0.25) is 0 Å². The Hall–Kier alpha value is -0.420. The number of hydrogen-bond acceptors (Lipinski definition) is 3. The van der Waals surface area contributed by atoms with Gasteiger partial charge in [0.1, 0.15) is 6.04 Å². The van der Waals surface area contributed by atoms with Gasteiger partial charge in [-0.2, -0.15) is 0 Å². The molecule has 0 saturated heterocycles. The normalized spacial score (nSPS) is 17.0. The van der Waals surface area contributed by atoms with E-state index in [1.54, 1.807) is 6.26 Å². The van der Waals surface area contributed by atoms with Crippen LogP contribution in [0.3, 0.4) is 0 Å². The van der Waals surface area contributed by atoms with E-state index in [1.807, 2.05) is 13.8 Å². The second kappa shape index (κ2) is 7.82. The molecule has 0 aliphatic rings. The van der Waals surface area contributed by atoms with Gasteiger partial charge in [-0.3, -0.25) is 9.00 Å². The first-order chi connectivity index (χ1) is 6.99. The van der Waals surface area contributed by atoms with Crippen LogP contribution in [0.1, 0.15) is 33.1 Å². The maximum Gasteiger partial charge on any atom is 0.320 e. The summed E-state index contributed by atoms with van der Waals surface area (Å²) in [6.07, 6.45) is 3.90. The second-order valence-electron chi connectivity index (χ2n) is 3.73. The fourth-order valence-electron chi connectivity index (χ4n) is 1.23. The molecular weight excluding hydrogens is 214 g/mol.